The number of nitrogens with one attached hydrogen (secondary N) is 1. The predicted molar refractivity (Wildman–Crippen MR) is 103 cm³/mol. The molecule has 26 heavy (non-hydrogen) atoms. The van der Waals surface area contributed by atoms with Crippen LogP contribution < -0.4 is 4.72 Å². The van der Waals surface area contributed by atoms with Crippen LogP contribution in [0.1, 0.15) is 17.2 Å². The lowest BCUT2D eigenvalue weighted by atomic mass is 10.0. The van der Waals surface area contributed by atoms with Crippen molar-refractivity contribution in [3.63, 3.8) is 0 Å². The van der Waals surface area contributed by atoms with Crippen LogP contribution in [0.25, 0.3) is 0 Å². The summed E-state index contributed by atoms with van der Waals surface area (Å²) in [6.45, 7) is 4.91. The molecule has 140 valence electrons. The molecule has 0 bridgehead atoms. The maximum absolute atomic E-state index is 12.7. The summed E-state index contributed by atoms with van der Waals surface area (Å²) < 4.78 is 33.5. The lowest BCUT2D eigenvalue weighted by molar-refractivity contribution is 0.0172. The lowest BCUT2D eigenvalue weighted by Gasteiger charge is -2.35. The maximum Gasteiger partial charge on any atom is 0.240 e. The van der Waals surface area contributed by atoms with Crippen LogP contribution in [0.2, 0.25) is 5.02 Å². The molecule has 1 unspecified atom stereocenters. The maximum atomic E-state index is 12.7. The van der Waals surface area contributed by atoms with E-state index in [1.165, 1.54) is 0 Å². The molecule has 1 heterocycles. The molecule has 7 heteroatoms. The van der Waals surface area contributed by atoms with E-state index in [4.69, 9.17) is 16.3 Å². The fraction of sp³-hybridized carbons (Fsp3) is 0.368. The van der Waals surface area contributed by atoms with Crippen molar-refractivity contribution >= 4 is 21.6 Å². The van der Waals surface area contributed by atoms with Gasteiger partial charge >= 0.3 is 0 Å². The van der Waals surface area contributed by atoms with Gasteiger partial charge in [0, 0.05) is 30.7 Å². The second-order valence-electron chi connectivity index (χ2n) is 6.35. The van der Waals surface area contributed by atoms with Gasteiger partial charge in [0.25, 0.3) is 0 Å². The van der Waals surface area contributed by atoms with Crippen LogP contribution in [0.3, 0.4) is 0 Å². The van der Waals surface area contributed by atoms with Crippen LogP contribution >= 0.6 is 11.6 Å². The first-order valence-corrected chi connectivity index (χ1v) is 10.5. The van der Waals surface area contributed by atoms with Gasteiger partial charge in [-0.1, -0.05) is 47.5 Å². The Morgan fingerprint density at radius 2 is 1.77 bits per heavy atom. The number of ether oxygens (including phenoxy) is 1. The van der Waals surface area contributed by atoms with Gasteiger partial charge in [-0.15, -0.1) is 0 Å². The molecule has 1 N–H and O–H groups in total. The van der Waals surface area contributed by atoms with Gasteiger partial charge in [-0.05, 0) is 30.7 Å². The Bertz CT molecular complexity index is 834. The van der Waals surface area contributed by atoms with Crippen LogP contribution in [-0.4, -0.2) is 46.2 Å². The largest absolute Gasteiger partial charge is 0.379 e. The number of hydrogen-bond acceptors (Lipinski definition) is 4. The summed E-state index contributed by atoms with van der Waals surface area (Å²) in [5, 5.41) is 0.638. The summed E-state index contributed by atoms with van der Waals surface area (Å²) in [5.41, 5.74) is 1.94. The molecule has 1 atom stereocenters. The molecule has 1 saturated heterocycles. The van der Waals surface area contributed by atoms with E-state index in [0.29, 0.717) is 18.2 Å². The van der Waals surface area contributed by atoms with Gasteiger partial charge in [-0.3, -0.25) is 4.90 Å². The zero-order valence-corrected chi connectivity index (χ0v) is 16.3. The van der Waals surface area contributed by atoms with Crippen molar-refractivity contribution in [1.29, 1.82) is 0 Å². The molecule has 1 fully saturated rings. The summed E-state index contributed by atoms with van der Waals surface area (Å²) in [6, 6.07) is 14.3. The smallest absolute Gasteiger partial charge is 0.240 e. The standard InChI is InChI=1S/C19H23ClN2O3S/c1-15-6-8-16(9-7-15)26(23,24)21-14-19(22-10-12-25-13-11-22)17-4-2-3-5-18(17)20/h2-9,19,21H,10-14H2,1H3. The topological polar surface area (TPSA) is 58.6 Å². The van der Waals surface area contributed by atoms with Gasteiger partial charge in [0.15, 0.2) is 0 Å². The molecule has 0 spiro atoms. The Morgan fingerprint density at radius 3 is 2.42 bits per heavy atom. The normalized spacial score (nSPS) is 17.2. The average molecular weight is 395 g/mol. The highest BCUT2D eigenvalue weighted by molar-refractivity contribution is 7.89. The van der Waals surface area contributed by atoms with Crippen molar-refractivity contribution in [2.75, 3.05) is 32.8 Å². The van der Waals surface area contributed by atoms with E-state index in [-0.39, 0.29) is 17.5 Å². The summed E-state index contributed by atoms with van der Waals surface area (Å²) in [6.07, 6.45) is 0. The van der Waals surface area contributed by atoms with Crippen LogP contribution in [0.4, 0.5) is 0 Å². The molecule has 1 aliphatic rings. The summed E-state index contributed by atoms with van der Waals surface area (Å²) >= 11 is 6.39. The van der Waals surface area contributed by atoms with Crippen LogP contribution in [-0.2, 0) is 14.8 Å². The van der Waals surface area contributed by atoms with E-state index >= 15 is 0 Å². The van der Waals surface area contributed by atoms with Crippen molar-refractivity contribution in [3.8, 4) is 0 Å². The number of nitrogens with zero attached hydrogens (tertiary/aromatic N) is 1. The second-order valence-corrected chi connectivity index (χ2v) is 8.52. The molecule has 0 radical (unpaired) electrons. The first kappa shape index (κ1) is 19.3. The third-order valence-electron chi connectivity index (χ3n) is 4.55. The number of halogens is 1. The third kappa shape index (κ3) is 4.64. The van der Waals surface area contributed by atoms with Gasteiger partial charge < -0.3 is 4.74 Å². The first-order valence-electron chi connectivity index (χ1n) is 8.60. The average Bonchev–Trinajstić information content (AvgIpc) is 2.64. The minimum Gasteiger partial charge on any atom is -0.379 e. The first-order chi connectivity index (χ1) is 12.5. The number of sulfonamides is 1. The Labute approximate surface area is 160 Å². The van der Waals surface area contributed by atoms with E-state index in [2.05, 4.69) is 9.62 Å². The van der Waals surface area contributed by atoms with Crippen molar-refractivity contribution in [3.05, 3.63) is 64.7 Å². The van der Waals surface area contributed by atoms with Crippen molar-refractivity contribution < 1.29 is 13.2 Å². The minimum absolute atomic E-state index is 0.146. The summed E-state index contributed by atoms with van der Waals surface area (Å²) in [5.74, 6) is 0. The Balaban J connectivity index is 1.81. The highest BCUT2D eigenvalue weighted by Gasteiger charge is 2.26. The van der Waals surface area contributed by atoms with Crippen LogP contribution in [0, 0.1) is 6.92 Å². The molecule has 5 nitrogen and oxygen atoms in total. The quantitative estimate of drug-likeness (QED) is 0.818. The fourth-order valence-electron chi connectivity index (χ4n) is 3.06. The van der Waals surface area contributed by atoms with Crippen LogP contribution in [0.15, 0.2) is 53.4 Å². The molecular weight excluding hydrogens is 372 g/mol. The van der Waals surface area contributed by atoms with Crippen LogP contribution in [0.5, 0.6) is 0 Å². The molecule has 0 aliphatic carbocycles. The molecule has 0 amide bonds. The molecule has 0 aromatic heterocycles. The molecular formula is C19H23ClN2O3S. The van der Waals surface area contributed by atoms with E-state index < -0.39 is 10.0 Å². The Morgan fingerprint density at radius 1 is 1.12 bits per heavy atom. The molecule has 2 aromatic carbocycles. The van der Waals surface area contributed by atoms with Gasteiger partial charge in [-0.2, -0.15) is 0 Å². The summed E-state index contributed by atoms with van der Waals surface area (Å²) in [4.78, 5) is 2.48. The predicted octanol–water partition coefficient (Wildman–Crippen LogP) is 3.00. The molecule has 2 aromatic rings. The van der Waals surface area contributed by atoms with E-state index in [0.717, 1.165) is 24.2 Å². The van der Waals surface area contributed by atoms with Crippen molar-refractivity contribution in [2.24, 2.45) is 0 Å². The lowest BCUT2D eigenvalue weighted by Crippen LogP contribution is -2.43. The van der Waals surface area contributed by atoms with Gasteiger partial charge in [0.1, 0.15) is 0 Å². The van der Waals surface area contributed by atoms with E-state index in [1.807, 2.05) is 31.2 Å². The van der Waals surface area contributed by atoms with Crippen molar-refractivity contribution in [2.45, 2.75) is 17.9 Å². The van der Waals surface area contributed by atoms with Gasteiger partial charge in [-0.25, -0.2) is 13.1 Å². The Hall–Kier alpha value is -1.44. The minimum atomic E-state index is -3.58. The number of aryl methyl sites for hydroxylation is 1. The van der Waals surface area contributed by atoms with Crippen molar-refractivity contribution in [1.82, 2.24) is 9.62 Å². The fourth-order valence-corrected chi connectivity index (χ4v) is 4.36. The zero-order chi connectivity index (χ0) is 18.6. The second kappa shape index (κ2) is 8.50. The van der Waals surface area contributed by atoms with E-state index in [1.54, 1.807) is 24.3 Å². The SMILES string of the molecule is Cc1ccc(S(=O)(=O)NCC(c2ccccc2Cl)N2CCOCC2)cc1. The van der Waals surface area contributed by atoms with E-state index in [9.17, 15) is 8.42 Å². The Kier molecular flexibility index (Phi) is 6.32. The number of benzene rings is 2. The molecule has 0 saturated carbocycles. The third-order valence-corrected chi connectivity index (χ3v) is 6.33. The number of hydrogen-bond donors (Lipinski definition) is 1. The molecule has 1 aliphatic heterocycles. The highest BCUT2D eigenvalue weighted by atomic mass is 35.5. The number of rotatable bonds is 6. The van der Waals surface area contributed by atoms with Gasteiger partial charge in [0.2, 0.25) is 10.0 Å². The monoisotopic (exact) mass is 394 g/mol. The summed E-state index contributed by atoms with van der Waals surface area (Å²) in [7, 11) is -3.58. The van der Waals surface area contributed by atoms with Gasteiger partial charge in [0.05, 0.1) is 18.1 Å². The zero-order valence-electron chi connectivity index (χ0n) is 14.7. The number of morpholine rings is 1. The highest BCUT2D eigenvalue weighted by Crippen LogP contribution is 2.28. The molecule has 3 rings (SSSR count).